The van der Waals surface area contributed by atoms with Crippen LogP contribution in [-0.4, -0.2) is 36.9 Å². The van der Waals surface area contributed by atoms with Crippen molar-refractivity contribution in [1.82, 2.24) is 5.32 Å². The van der Waals surface area contributed by atoms with E-state index in [2.05, 4.69) is 26.1 Å². The molecule has 1 fully saturated rings. The maximum absolute atomic E-state index is 13.1. The fraction of sp³-hybridized carbons (Fsp3) is 0.714. The third-order valence-corrected chi connectivity index (χ3v) is 6.63. The van der Waals surface area contributed by atoms with Gasteiger partial charge in [0.15, 0.2) is 0 Å². The van der Waals surface area contributed by atoms with Crippen molar-refractivity contribution >= 4 is 12.1 Å². The molecule has 5 atom stereocenters. The van der Waals surface area contributed by atoms with E-state index < -0.39 is 11.7 Å². The first kappa shape index (κ1) is 28.0. The smallest absolute Gasteiger partial charge is 0.407 e. The van der Waals surface area contributed by atoms with Gasteiger partial charge in [-0.25, -0.2) is 4.79 Å². The molecule has 2 rings (SSSR count). The number of carbonyl (C=O) groups excluding carboxylic acids is 2. The number of carbonyl (C=O) groups is 2. The van der Waals surface area contributed by atoms with E-state index in [0.717, 1.165) is 24.2 Å². The fourth-order valence-corrected chi connectivity index (χ4v) is 4.75. The molecule has 0 aliphatic heterocycles. The lowest BCUT2D eigenvalue weighted by Gasteiger charge is -2.37. The van der Waals surface area contributed by atoms with Gasteiger partial charge in [0.25, 0.3) is 0 Å². The summed E-state index contributed by atoms with van der Waals surface area (Å²) in [6.45, 7) is 14.0. The highest BCUT2D eigenvalue weighted by Crippen LogP contribution is 2.36. The molecule has 0 spiro atoms. The third kappa shape index (κ3) is 9.19. The second kappa shape index (κ2) is 12.5. The minimum atomic E-state index is -0.594. The zero-order valence-corrected chi connectivity index (χ0v) is 22.4. The predicted octanol–water partition coefficient (Wildman–Crippen LogP) is 6.16. The first-order chi connectivity index (χ1) is 15.9. The van der Waals surface area contributed by atoms with E-state index in [9.17, 15) is 9.59 Å². The third-order valence-electron chi connectivity index (χ3n) is 6.63. The van der Waals surface area contributed by atoms with Crippen molar-refractivity contribution in [3.05, 3.63) is 29.8 Å². The fourth-order valence-electron chi connectivity index (χ4n) is 4.75. The van der Waals surface area contributed by atoms with Gasteiger partial charge in [-0.3, -0.25) is 4.79 Å². The van der Waals surface area contributed by atoms with Crippen molar-refractivity contribution in [3.63, 3.8) is 0 Å². The highest BCUT2D eigenvalue weighted by Gasteiger charge is 2.35. The molecule has 1 aromatic rings. The van der Waals surface area contributed by atoms with Gasteiger partial charge in [0.2, 0.25) is 0 Å². The standard InChI is InChI=1S/C28H45NO5/c1-18(2)24-14-9-19(3)15-25(24)33-26(30)20(4)16-22(29-27(31)34-28(5,6)7)17-21-10-12-23(32-8)13-11-21/h10-13,18-20,22,24-25H,9,14-17H2,1-8H3,(H,29,31)/t19-,20+,22-,24+,25-/m1/s1. The molecule has 0 heterocycles. The predicted molar refractivity (Wildman–Crippen MR) is 135 cm³/mol. The van der Waals surface area contributed by atoms with Gasteiger partial charge in [-0.05, 0) is 81.9 Å². The van der Waals surface area contributed by atoms with Crippen LogP contribution in [0.5, 0.6) is 5.75 Å². The largest absolute Gasteiger partial charge is 0.497 e. The molecule has 34 heavy (non-hydrogen) atoms. The molecule has 1 N–H and O–H groups in total. The van der Waals surface area contributed by atoms with E-state index in [1.807, 2.05) is 52.0 Å². The Balaban J connectivity index is 2.07. The van der Waals surface area contributed by atoms with Crippen molar-refractivity contribution < 1.29 is 23.8 Å². The Bertz CT molecular complexity index is 783. The highest BCUT2D eigenvalue weighted by molar-refractivity contribution is 5.72. The molecular weight excluding hydrogens is 430 g/mol. The minimum Gasteiger partial charge on any atom is -0.497 e. The van der Waals surface area contributed by atoms with Crippen molar-refractivity contribution in [1.29, 1.82) is 0 Å². The molecule has 1 aliphatic rings. The van der Waals surface area contributed by atoms with Crippen LogP contribution < -0.4 is 10.1 Å². The van der Waals surface area contributed by atoms with Crippen LogP contribution in [0, 0.1) is 23.7 Å². The van der Waals surface area contributed by atoms with Crippen molar-refractivity contribution in [2.45, 2.75) is 98.3 Å². The number of methoxy groups -OCH3 is 1. The summed E-state index contributed by atoms with van der Waals surface area (Å²) < 4.78 is 16.8. The van der Waals surface area contributed by atoms with E-state index in [-0.39, 0.29) is 24.0 Å². The van der Waals surface area contributed by atoms with Gasteiger partial charge >= 0.3 is 12.1 Å². The lowest BCUT2D eigenvalue weighted by atomic mass is 9.75. The molecule has 1 aromatic carbocycles. The Morgan fingerprint density at radius 3 is 2.29 bits per heavy atom. The van der Waals surface area contributed by atoms with Gasteiger partial charge in [0.05, 0.1) is 13.0 Å². The first-order valence-corrected chi connectivity index (χ1v) is 12.7. The van der Waals surface area contributed by atoms with Gasteiger partial charge in [-0.15, -0.1) is 0 Å². The van der Waals surface area contributed by atoms with Crippen molar-refractivity contribution in [2.24, 2.45) is 23.7 Å². The molecule has 192 valence electrons. The summed E-state index contributed by atoms with van der Waals surface area (Å²) >= 11 is 0. The first-order valence-electron chi connectivity index (χ1n) is 12.7. The summed E-state index contributed by atoms with van der Waals surface area (Å²) in [6.07, 6.45) is 3.76. The average molecular weight is 476 g/mol. The van der Waals surface area contributed by atoms with Crippen molar-refractivity contribution in [2.75, 3.05) is 7.11 Å². The maximum atomic E-state index is 13.1. The molecule has 0 aromatic heterocycles. The van der Waals surface area contributed by atoms with E-state index in [0.29, 0.717) is 30.6 Å². The topological polar surface area (TPSA) is 73.9 Å². The van der Waals surface area contributed by atoms with Gasteiger partial charge in [-0.2, -0.15) is 0 Å². The summed E-state index contributed by atoms with van der Waals surface area (Å²) in [6, 6.07) is 7.48. The SMILES string of the molecule is COc1ccc(C[C@@H](C[C@H](C)C(=O)O[C@@H]2C[C@H](C)CC[C@H]2C(C)C)NC(=O)OC(C)(C)C)cc1. The van der Waals surface area contributed by atoms with Crippen LogP contribution in [0.2, 0.25) is 0 Å². The maximum Gasteiger partial charge on any atom is 0.407 e. The van der Waals surface area contributed by atoms with Crippen LogP contribution in [0.4, 0.5) is 4.79 Å². The quantitative estimate of drug-likeness (QED) is 0.433. The zero-order valence-electron chi connectivity index (χ0n) is 22.4. The van der Waals surface area contributed by atoms with E-state index in [4.69, 9.17) is 14.2 Å². The summed E-state index contributed by atoms with van der Waals surface area (Å²) in [4.78, 5) is 25.6. The Hall–Kier alpha value is -2.24. The molecule has 1 aliphatic carbocycles. The molecule has 6 nitrogen and oxygen atoms in total. The number of benzene rings is 1. The van der Waals surface area contributed by atoms with E-state index >= 15 is 0 Å². The lowest BCUT2D eigenvalue weighted by Crippen LogP contribution is -2.42. The lowest BCUT2D eigenvalue weighted by molar-refractivity contribution is -0.160. The number of hydrogen-bond donors (Lipinski definition) is 1. The Labute approximate surface area is 206 Å². The molecule has 0 bridgehead atoms. The zero-order chi connectivity index (χ0) is 25.5. The number of ether oxygens (including phenoxy) is 3. The van der Waals surface area contributed by atoms with E-state index in [1.165, 1.54) is 6.42 Å². The molecule has 0 saturated heterocycles. The monoisotopic (exact) mass is 475 g/mol. The van der Waals surface area contributed by atoms with Gasteiger partial charge in [0, 0.05) is 6.04 Å². The average Bonchev–Trinajstić information content (AvgIpc) is 2.72. The van der Waals surface area contributed by atoms with Gasteiger partial charge in [0.1, 0.15) is 17.5 Å². The summed E-state index contributed by atoms with van der Waals surface area (Å²) in [5, 5.41) is 2.97. The summed E-state index contributed by atoms with van der Waals surface area (Å²) in [5.41, 5.74) is 0.450. The van der Waals surface area contributed by atoms with Crippen LogP contribution in [0.1, 0.15) is 79.7 Å². The number of hydrogen-bond acceptors (Lipinski definition) is 5. The molecular formula is C28H45NO5. The number of amides is 1. The molecule has 0 unspecified atom stereocenters. The number of nitrogens with one attached hydrogen (secondary N) is 1. The highest BCUT2D eigenvalue weighted by atomic mass is 16.6. The van der Waals surface area contributed by atoms with Crippen LogP contribution in [0.3, 0.4) is 0 Å². The second-order valence-corrected chi connectivity index (χ2v) is 11.3. The van der Waals surface area contributed by atoms with Gasteiger partial charge < -0.3 is 19.5 Å². The van der Waals surface area contributed by atoms with Gasteiger partial charge in [-0.1, -0.05) is 46.2 Å². The molecule has 1 amide bonds. The number of esters is 1. The second-order valence-electron chi connectivity index (χ2n) is 11.3. The van der Waals surface area contributed by atoms with Crippen molar-refractivity contribution in [3.8, 4) is 5.75 Å². The van der Waals surface area contributed by atoms with Crippen LogP contribution >= 0.6 is 0 Å². The number of alkyl carbamates (subject to hydrolysis) is 1. The Kier molecular flexibility index (Phi) is 10.3. The molecule has 0 radical (unpaired) electrons. The minimum absolute atomic E-state index is 0.0300. The molecule has 6 heteroatoms. The van der Waals surface area contributed by atoms with Crippen LogP contribution in [0.25, 0.3) is 0 Å². The van der Waals surface area contributed by atoms with E-state index in [1.54, 1.807) is 7.11 Å². The normalized spacial score (nSPS) is 22.6. The van der Waals surface area contributed by atoms with Crippen LogP contribution in [0.15, 0.2) is 24.3 Å². The van der Waals surface area contributed by atoms with Crippen LogP contribution in [-0.2, 0) is 20.7 Å². The Morgan fingerprint density at radius 2 is 1.74 bits per heavy atom. The summed E-state index contributed by atoms with van der Waals surface area (Å²) in [5.74, 6) is 1.71. The molecule has 1 saturated carbocycles. The number of rotatable bonds is 9. The Morgan fingerprint density at radius 1 is 1.09 bits per heavy atom. The summed E-state index contributed by atoms with van der Waals surface area (Å²) in [7, 11) is 1.63.